The molecule has 0 saturated heterocycles. The quantitative estimate of drug-likeness (QED) is 0.897. The van der Waals surface area contributed by atoms with Gasteiger partial charge in [0, 0.05) is 0 Å². The fraction of sp³-hybridized carbons (Fsp3) is 0.316. The van der Waals surface area contributed by atoms with Crippen molar-refractivity contribution in [3.8, 4) is 0 Å². The van der Waals surface area contributed by atoms with Crippen LogP contribution in [0.2, 0.25) is 0 Å². The van der Waals surface area contributed by atoms with Crippen molar-refractivity contribution in [1.29, 1.82) is 0 Å². The van der Waals surface area contributed by atoms with Crippen LogP contribution in [0.1, 0.15) is 29.0 Å². The molecule has 0 radical (unpaired) electrons. The van der Waals surface area contributed by atoms with Crippen molar-refractivity contribution in [1.82, 2.24) is 0 Å². The zero-order chi connectivity index (χ0) is 14.8. The van der Waals surface area contributed by atoms with Gasteiger partial charge in [0.05, 0.1) is 5.92 Å². The van der Waals surface area contributed by atoms with Crippen LogP contribution in [-0.2, 0) is 11.2 Å². The van der Waals surface area contributed by atoms with Gasteiger partial charge in [-0.05, 0) is 48.3 Å². The maximum atomic E-state index is 11.7. The number of aryl methyl sites for hydroxylation is 1. The lowest BCUT2D eigenvalue weighted by molar-refractivity contribution is -0.142. The van der Waals surface area contributed by atoms with Gasteiger partial charge in [0.2, 0.25) is 0 Å². The third-order valence-corrected chi connectivity index (χ3v) is 4.60. The van der Waals surface area contributed by atoms with Crippen LogP contribution in [0, 0.1) is 18.8 Å². The molecule has 3 atom stereocenters. The number of rotatable bonds is 5. The van der Waals surface area contributed by atoms with E-state index in [0.717, 1.165) is 12.0 Å². The Morgan fingerprint density at radius 3 is 2.48 bits per heavy atom. The van der Waals surface area contributed by atoms with Crippen LogP contribution in [0.3, 0.4) is 0 Å². The van der Waals surface area contributed by atoms with Crippen LogP contribution in [0.5, 0.6) is 0 Å². The number of carbonyl (C=O) groups is 1. The Balaban J connectivity index is 1.75. The zero-order valence-electron chi connectivity index (χ0n) is 12.2. The average Bonchev–Trinajstić information content (AvgIpc) is 3.27. The fourth-order valence-electron chi connectivity index (χ4n) is 3.24. The highest BCUT2D eigenvalue weighted by Gasteiger charge is 2.46. The molecule has 1 N–H and O–H groups in total. The third-order valence-electron chi connectivity index (χ3n) is 4.60. The first-order valence-corrected chi connectivity index (χ1v) is 7.49. The summed E-state index contributed by atoms with van der Waals surface area (Å²) < 4.78 is 0. The summed E-state index contributed by atoms with van der Waals surface area (Å²) in [6.45, 7) is 2.05. The van der Waals surface area contributed by atoms with Crippen molar-refractivity contribution in [2.45, 2.75) is 25.7 Å². The fourth-order valence-corrected chi connectivity index (χ4v) is 3.24. The Bertz CT molecular complexity index is 633. The molecule has 0 amide bonds. The Kier molecular flexibility index (Phi) is 3.78. The van der Waals surface area contributed by atoms with E-state index >= 15 is 0 Å². The monoisotopic (exact) mass is 280 g/mol. The molecule has 0 bridgehead atoms. The Morgan fingerprint density at radius 2 is 1.81 bits per heavy atom. The van der Waals surface area contributed by atoms with Crippen molar-refractivity contribution in [3.63, 3.8) is 0 Å². The molecule has 3 rings (SSSR count). The number of carboxylic acid groups (broad SMARTS) is 1. The topological polar surface area (TPSA) is 37.3 Å². The normalized spacial score (nSPS) is 21.8. The molecule has 3 unspecified atom stereocenters. The number of carboxylic acids is 1. The van der Waals surface area contributed by atoms with Gasteiger partial charge in [-0.1, -0.05) is 54.6 Å². The molecule has 1 aliphatic carbocycles. The highest BCUT2D eigenvalue weighted by atomic mass is 16.4. The van der Waals surface area contributed by atoms with Crippen molar-refractivity contribution < 1.29 is 9.90 Å². The first-order chi connectivity index (χ1) is 10.2. The van der Waals surface area contributed by atoms with E-state index in [1.807, 2.05) is 36.4 Å². The van der Waals surface area contributed by atoms with E-state index in [-0.39, 0.29) is 11.8 Å². The van der Waals surface area contributed by atoms with Crippen LogP contribution in [-0.4, -0.2) is 11.1 Å². The van der Waals surface area contributed by atoms with Gasteiger partial charge in [-0.3, -0.25) is 4.79 Å². The molecule has 0 aromatic heterocycles. The lowest BCUT2D eigenvalue weighted by Crippen LogP contribution is -2.20. The molecule has 2 heteroatoms. The minimum Gasteiger partial charge on any atom is -0.481 e. The van der Waals surface area contributed by atoms with Gasteiger partial charge in [-0.15, -0.1) is 0 Å². The predicted octanol–water partition coefficient (Wildman–Crippen LogP) is 4.04. The minimum atomic E-state index is -0.665. The molecule has 0 spiro atoms. The number of benzene rings is 2. The predicted molar refractivity (Wildman–Crippen MR) is 83.3 cm³/mol. The molecule has 2 aromatic rings. The maximum absolute atomic E-state index is 11.7. The molecule has 1 fully saturated rings. The third kappa shape index (κ3) is 2.99. The van der Waals surface area contributed by atoms with Crippen LogP contribution < -0.4 is 0 Å². The number of aliphatic carboxylic acids is 1. The summed E-state index contributed by atoms with van der Waals surface area (Å²) in [6, 6.07) is 18.4. The summed E-state index contributed by atoms with van der Waals surface area (Å²) in [5.74, 6) is -0.265. The van der Waals surface area contributed by atoms with E-state index in [2.05, 4.69) is 25.1 Å². The molecular formula is C19H20O2. The highest BCUT2D eigenvalue weighted by molar-refractivity contribution is 5.72. The molecule has 1 aliphatic rings. The van der Waals surface area contributed by atoms with Gasteiger partial charge >= 0.3 is 5.97 Å². The van der Waals surface area contributed by atoms with Crippen molar-refractivity contribution in [2.24, 2.45) is 11.8 Å². The van der Waals surface area contributed by atoms with E-state index in [9.17, 15) is 9.90 Å². The van der Waals surface area contributed by atoms with Crippen molar-refractivity contribution >= 4 is 5.97 Å². The smallest absolute Gasteiger partial charge is 0.307 e. The minimum absolute atomic E-state index is 0.268. The molecule has 1 saturated carbocycles. The van der Waals surface area contributed by atoms with Gasteiger partial charge in [-0.2, -0.15) is 0 Å². The largest absolute Gasteiger partial charge is 0.481 e. The summed E-state index contributed by atoms with van der Waals surface area (Å²) in [5, 5.41) is 9.60. The van der Waals surface area contributed by atoms with E-state index in [1.165, 1.54) is 11.1 Å². The summed E-state index contributed by atoms with van der Waals surface area (Å²) in [7, 11) is 0. The second kappa shape index (κ2) is 5.72. The first-order valence-electron chi connectivity index (χ1n) is 7.49. The maximum Gasteiger partial charge on any atom is 0.307 e. The van der Waals surface area contributed by atoms with Crippen LogP contribution in [0.4, 0.5) is 0 Å². The molecule has 2 aromatic carbocycles. The summed E-state index contributed by atoms with van der Waals surface area (Å²) in [4.78, 5) is 11.7. The van der Waals surface area contributed by atoms with Crippen LogP contribution in [0.25, 0.3) is 0 Å². The number of hydrogen-bond acceptors (Lipinski definition) is 1. The highest BCUT2D eigenvalue weighted by Crippen LogP contribution is 2.52. The summed E-state index contributed by atoms with van der Waals surface area (Å²) in [6.07, 6.45) is 1.63. The second-order valence-corrected chi connectivity index (χ2v) is 5.99. The molecule has 108 valence electrons. The Labute approximate surface area is 125 Å². The summed E-state index contributed by atoms with van der Waals surface area (Å²) in [5.41, 5.74) is 3.61. The standard InChI is InChI=1S/C19H20O2/c1-13-7-5-6-10-15(13)11-18(19(20)21)17-12-16(17)14-8-3-2-4-9-14/h2-10,16-18H,11-12H2,1H3,(H,20,21). The van der Waals surface area contributed by atoms with Gasteiger partial charge in [0.1, 0.15) is 0 Å². The summed E-state index contributed by atoms with van der Waals surface area (Å²) >= 11 is 0. The molecule has 2 nitrogen and oxygen atoms in total. The zero-order valence-corrected chi connectivity index (χ0v) is 12.2. The molecule has 0 heterocycles. The Morgan fingerprint density at radius 1 is 1.14 bits per heavy atom. The molecular weight excluding hydrogens is 260 g/mol. The number of hydrogen-bond donors (Lipinski definition) is 1. The van der Waals surface area contributed by atoms with E-state index < -0.39 is 5.97 Å². The van der Waals surface area contributed by atoms with Crippen molar-refractivity contribution in [3.05, 3.63) is 71.3 Å². The van der Waals surface area contributed by atoms with Crippen molar-refractivity contribution in [2.75, 3.05) is 0 Å². The van der Waals surface area contributed by atoms with Crippen LogP contribution >= 0.6 is 0 Å². The molecule has 0 aliphatic heterocycles. The van der Waals surface area contributed by atoms with E-state index in [0.29, 0.717) is 12.3 Å². The average molecular weight is 280 g/mol. The lowest BCUT2D eigenvalue weighted by atomic mass is 9.90. The SMILES string of the molecule is Cc1ccccc1CC(C(=O)O)C1CC1c1ccccc1. The van der Waals surface area contributed by atoms with Gasteiger partial charge in [0.25, 0.3) is 0 Å². The van der Waals surface area contributed by atoms with Gasteiger partial charge in [-0.25, -0.2) is 0 Å². The first kappa shape index (κ1) is 13.9. The molecule has 21 heavy (non-hydrogen) atoms. The lowest BCUT2D eigenvalue weighted by Gasteiger charge is -2.14. The van der Waals surface area contributed by atoms with Gasteiger partial charge < -0.3 is 5.11 Å². The van der Waals surface area contributed by atoms with Crippen LogP contribution in [0.15, 0.2) is 54.6 Å². The van der Waals surface area contributed by atoms with E-state index in [1.54, 1.807) is 0 Å². The van der Waals surface area contributed by atoms with E-state index in [4.69, 9.17) is 0 Å². The Hall–Kier alpha value is -2.09. The second-order valence-electron chi connectivity index (χ2n) is 5.99. The van der Waals surface area contributed by atoms with Gasteiger partial charge in [0.15, 0.2) is 0 Å².